The highest BCUT2D eigenvalue weighted by molar-refractivity contribution is 5.90. The number of hydrogen-bond donors (Lipinski definition) is 2. The molecule has 0 atom stereocenters. The second kappa shape index (κ2) is 5.82. The molecule has 1 heterocycles. The molecule has 5 heteroatoms. The number of carbonyl (C=O) groups excluding carboxylic acids is 1. The Bertz CT molecular complexity index is 472. The molecular formula is C13H21N3O2. The minimum Gasteiger partial charge on any atom is -0.325 e. The lowest BCUT2D eigenvalue weighted by atomic mass is 10.1. The predicted molar refractivity (Wildman–Crippen MR) is 72.7 cm³/mol. The van der Waals surface area contributed by atoms with E-state index in [-0.39, 0.29) is 17.0 Å². The van der Waals surface area contributed by atoms with Gasteiger partial charge in [-0.15, -0.1) is 0 Å². The van der Waals surface area contributed by atoms with Crippen molar-refractivity contribution in [2.45, 2.75) is 32.7 Å². The lowest BCUT2D eigenvalue weighted by Crippen LogP contribution is -2.37. The zero-order valence-electron chi connectivity index (χ0n) is 11.4. The first-order valence-electron chi connectivity index (χ1n) is 5.99. The van der Waals surface area contributed by atoms with E-state index in [4.69, 9.17) is 0 Å². The van der Waals surface area contributed by atoms with E-state index in [1.807, 2.05) is 0 Å². The Kier molecular flexibility index (Phi) is 4.67. The van der Waals surface area contributed by atoms with Crippen molar-refractivity contribution in [1.29, 1.82) is 0 Å². The molecule has 1 aromatic rings. The summed E-state index contributed by atoms with van der Waals surface area (Å²) >= 11 is 0. The third-order valence-electron chi connectivity index (χ3n) is 2.38. The average molecular weight is 251 g/mol. The molecule has 18 heavy (non-hydrogen) atoms. The van der Waals surface area contributed by atoms with Gasteiger partial charge in [-0.1, -0.05) is 0 Å². The highest BCUT2D eigenvalue weighted by atomic mass is 16.1. The largest absolute Gasteiger partial charge is 0.325 e. The van der Waals surface area contributed by atoms with Gasteiger partial charge in [0.05, 0.1) is 5.69 Å². The molecule has 100 valence electrons. The first kappa shape index (κ1) is 14.4. The van der Waals surface area contributed by atoms with Crippen LogP contribution in [0.2, 0.25) is 0 Å². The number of hydrogen-bond acceptors (Lipinski definition) is 3. The van der Waals surface area contributed by atoms with Crippen LogP contribution < -0.4 is 16.2 Å². The van der Waals surface area contributed by atoms with Crippen LogP contribution in [0.15, 0.2) is 23.1 Å². The third-order valence-corrected chi connectivity index (χ3v) is 2.38. The van der Waals surface area contributed by atoms with Gasteiger partial charge >= 0.3 is 0 Å². The lowest BCUT2D eigenvalue weighted by molar-refractivity contribution is -0.116. The van der Waals surface area contributed by atoms with Gasteiger partial charge in [0.2, 0.25) is 11.5 Å². The Morgan fingerprint density at radius 1 is 1.33 bits per heavy atom. The second-order valence-corrected chi connectivity index (χ2v) is 5.34. The van der Waals surface area contributed by atoms with Gasteiger partial charge in [-0.2, -0.15) is 0 Å². The molecule has 0 radical (unpaired) electrons. The quantitative estimate of drug-likeness (QED) is 0.842. The summed E-state index contributed by atoms with van der Waals surface area (Å²) in [5.74, 6) is -0.0644. The summed E-state index contributed by atoms with van der Waals surface area (Å²) in [6.07, 6.45) is 2.01. The fourth-order valence-electron chi connectivity index (χ4n) is 1.44. The van der Waals surface area contributed by atoms with Gasteiger partial charge in [0.25, 0.3) is 0 Å². The van der Waals surface area contributed by atoms with Crippen molar-refractivity contribution in [3.05, 3.63) is 28.7 Å². The normalized spacial score (nSPS) is 11.3. The van der Waals surface area contributed by atoms with E-state index in [0.29, 0.717) is 18.7 Å². The van der Waals surface area contributed by atoms with E-state index in [2.05, 4.69) is 31.4 Å². The first-order valence-corrected chi connectivity index (χ1v) is 5.99. The van der Waals surface area contributed by atoms with Gasteiger partial charge < -0.3 is 15.2 Å². The second-order valence-electron chi connectivity index (χ2n) is 5.34. The minimum atomic E-state index is -0.0950. The van der Waals surface area contributed by atoms with Crippen molar-refractivity contribution in [3.8, 4) is 0 Å². The molecular weight excluding hydrogens is 230 g/mol. The molecule has 1 amide bonds. The van der Waals surface area contributed by atoms with E-state index < -0.39 is 0 Å². The molecule has 0 saturated heterocycles. The minimum absolute atomic E-state index is 0.0108. The number of carbonyl (C=O) groups is 1. The van der Waals surface area contributed by atoms with E-state index in [1.165, 1.54) is 10.6 Å². The molecule has 0 aliphatic heterocycles. The first-order chi connectivity index (χ1) is 8.28. The predicted octanol–water partition coefficient (Wildman–Crippen LogP) is 1.10. The van der Waals surface area contributed by atoms with Gasteiger partial charge in [-0.05, 0) is 26.8 Å². The van der Waals surface area contributed by atoms with Crippen molar-refractivity contribution < 1.29 is 4.79 Å². The number of nitrogens with one attached hydrogen (secondary N) is 2. The summed E-state index contributed by atoms with van der Waals surface area (Å²) in [5.41, 5.74) is 0.553. The number of anilines is 1. The zero-order chi connectivity index (χ0) is 13.8. The highest BCUT2D eigenvalue weighted by Crippen LogP contribution is 2.03. The summed E-state index contributed by atoms with van der Waals surface area (Å²) in [6.45, 7) is 6.79. The van der Waals surface area contributed by atoms with E-state index in [0.717, 1.165) is 0 Å². The third kappa shape index (κ3) is 5.14. The van der Waals surface area contributed by atoms with Gasteiger partial charge in [0.15, 0.2) is 0 Å². The number of aryl methyl sites for hydroxylation is 1. The molecule has 1 rings (SSSR count). The SMILES string of the molecule is Cn1cc(NC(=O)CCNC(C)(C)C)ccc1=O. The van der Waals surface area contributed by atoms with Crippen molar-refractivity contribution >= 4 is 11.6 Å². The van der Waals surface area contributed by atoms with Crippen LogP contribution in [0, 0.1) is 0 Å². The molecule has 0 aromatic carbocycles. The Labute approximate surface area is 107 Å². The Hall–Kier alpha value is -1.62. The number of rotatable bonds is 4. The maximum absolute atomic E-state index is 11.7. The molecule has 0 unspecified atom stereocenters. The van der Waals surface area contributed by atoms with E-state index in [1.54, 1.807) is 19.3 Å². The smallest absolute Gasteiger partial charge is 0.250 e. The summed E-state index contributed by atoms with van der Waals surface area (Å²) in [6, 6.07) is 3.04. The summed E-state index contributed by atoms with van der Waals surface area (Å²) in [7, 11) is 1.65. The fourth-order valence-corrected chi connectivity index (χ4v) is 1.44. The molecule has 2 N–H and O–H groups in total. The summed E-state index contributed by atoms with van der Waals surface area (Å²) in [5, 5.41) is 6.00. The van der Waals surface area contributed by atoms with E-state index >= 15 is 0 Å². The Morgan fingerprint density at radius 3 is 2.56 bits per heavy atom. The van der Waals surface area contributed by atoms with Crippen LogP contribution in [-0.4, -0.2) is 22.6 Å². The average Bonchev–Trinajstić information content (AvgIpc) is 2.21. The van der Waals surface area contributed by atoms with Crippen LogP contribution in [-0.2, 0) is 11.8 Å². The van der Waals surface area contributed by atoms with Gasteiger partial charge in [0, 0.05) is 37.8 Å². The van der Waals surface area contributed by atoms with Gasteiger partial charge in [-0.25, -0.2) is 0 Å². The molecule has 0 bridgehead atoms. The number of nitrogens with zero attached hydrogens (tertiary/aromatic N) is 1. The molecule has 0 spiro atoms. The molecule has 0 aliphatic carbocycles. The van der Waals surface area contributed by atoms with Crippen LogP contribution in [0.1, 0.15) is 27.2 Å². The van der Waals surface area contributed by atoms with Crippen LogP contribution in [0.25, 0.3) is 0 Å². The Morgan fingerprint density at radius 2 is 2.00 bits per heavy atom. The van der Waals surface area contributed by atoms with Crippen molar-refractivity contribution in [3.63, 3.8) is 0 Å². The topological polar surface area (TPSA) is 63.1 Å². The number of pyridine rings is 1. The molecule has 0 fully saturated rings. The van der Waals surface area contributed by atoms with Gasteiger partial charge in [0.1, 0.15) is 0 Å². The van der Waals surface area contributed by atoms with Gasteiger partial charge in [-0.3, -0.25) is 9.59 Å². The van der Waals surface area contributed by atoms with Crippen molar-refractivity contribution in [1.82, 2.24) is 9.88 Å². The monoisotopic (exact) mass is 251 g/mol. The maximum Gasteiger partial charge on any atom is 0.250 e. The number of aromatic nitrogens is 1. The van der Waals surface area contributed by atoms with Crippen LogP contribution >= 0.6 is 0 Å². The maximum atomic E-state index is 11.7. The van der Waals surface area contributed by atoms with Crippen molar-refractivity contribution in [2.24, 2.45) is 7.05 Å². The molecule has 5 nitrogen and oxygen atoms in total. The van der Waals surface area contributed by atoms with Crippen LogP contribution in [0.4, 0.5) is 5.69 Å². The zero-order valence-corrected chi connectivity index (χ0v) is 11.4. The molecule has 1 aromatic heterocycles. The van der Waals surface area contributed by atoms with Crippen molar-refractivity contribution in [2.75, 3.05) is 11.9 Å². The molecule has 0 aliphatic rings. The summed E-state index contributed by atoms with van der Waals surface area (Å²) in [4.78, 5) is 22.8. The lowest BCUT2D eigenvalue weighted by Gasteiger charge is -2.20. The van der Waals surface area contributed by atoms with E-state index in [9.17, 15) is 9.59 Å². The fraction of sp³-hybridized carbons (Fsp3) is 0.538. The van der Waals surface area contributed by atoms with Crippen LogP contribution in [0.3, 0.4) is 0 Å². The summed E-state index contributed by atoms with van der Waals surface area (Å²) < 4.78 is 1.43. The van der Waals surface area contributed by atoms with Crippen LogP contribution in [0.5, 0.6) is 0 Å². The number of amides is 1. The highest BCUT2D eigenvalue weighted by Gasteiger charge is 2.09. The Balaban J connectivity index is 2.45. The standard InChI is InChI=1S/C13H21N3O2/c1-13(2,3)14-8-7-11(17)15-10-5-6-12(18)16(4)9-10/h5-6,9,14H,7-8H2,1-4H3,(H,15,17). The molecule has 0 saturated carbocycles.